The number of hydrogen-bond donors (Lipinski definition) is 1. The Kier molecular flexibility index (Phi) is 3.73. The first-order valence-corrected chi connectivity index (χ1v) is 4.72. The maximum Gasteiger partial charge on any atom is 0.421 e. The molecule has 0 bridgehead atoms. The van der Waals surface area contributed by atoms with Crippen molar-refractivity contribution in [1.29, 1.82) is 0 Å². The first-order chi connectivity index (χ1) is 6.96. The van der Waals surface area contributed by atoms with E-state index in [1.165, 1.54) is 17.0 Å². The lowest BCUT2D eigenvalue weighted by molar-refractivity contribution is -0.209. The fourth-order valence-corrected chi connectivity index (χ4v) is 1.23. The molecule has 0 saturated carbocycles. The minimum absolute atomic E-state index is 0.337. The van der Waals surface area contributed by atoms with Crippen molar-refractivity contribution in [3.8, 4) is 0 Å². The van der Waals surface area contributed by atoms with Gasteiger partial charge in [0.1, 0.15) is 5.82 Å². The summed E-state index contributed by atoms with van der Waals surface area (Å²) in [4.78, 5) is 3.53. The second-order valence-electron chi connectivity index (χ2n) is 3.28. The summed E-state index contributed by atoms with van der Waals surface area (Å²) in [7, 11) is 0. The molecule has 3 nitrogen and oxygen atoms in total. The molecule has 1 heterocycles. The molecule has 6 heteroatoms. The normalized spacial score (nSPS) is 14.2. The van der Waals surface area contributed by atoms with Crippen LogP contribution in [-0.2, 0) is 6.54 Å². The molecule has 1 N–H and O–H groups in total. The topological polar surface area (TPSA) is 38.0 Å². The number of rotatable bonds is 4. The highest BCUT2D eigenvalue weighted by atomic mass is 19.4. The van der Waals surface area contributed by atoms with Gasteiger partial charge in [0.05, 0.1) is 0 Å². The van der Waals surface area contributed by atoms with Crippen molar-refractivity contribution in [2.24, 2.45) is 0 Å². The number of halogens is 3. The molecule has 1 rings (SSSR count). The minimum Gasteiger partial charge on any atom is -0.377 e. The van der Waals surface area contributed by atoms with Crippen molar-refractivity contribution in [3.63, 3.8) is 0 Å². The molecule has 1 atom stereocenters. The first-order valence-electron chi connectivity index (χ1n) is 4.72. The molecule has 0 aromatic carbocycles. The lowest BCUT2D eigenvalue weighted by Crippen LogP contribution is -2.23. The molecule has 0 aliphatic rings. The Morgan fingerprint density at radius 3 is 2.73 bits per heavy atom. The largest absolute Gasteiger partial charge is 0.421 e. The molecule has 0 spiro atoms. The van der Waals surface area contributed by atoms with Crippen LogP contribution in [0.25, 0.3) is 0 Å². The predicted octanol–water partition coefficient (Wildman–Crippen LogP) is 2.28. The van der Waals surface area contributed by atoms with Gasteiger partial charge in [-0.3, -0.25) is 0 Å². The molecule has 1 aromatic heterocycles. The standard InChI is InChI=1S/C9H13F3N2O/c1-2-3-5-14-6-4-13-8(14)7(15)9(10,11)12/h4,6-7,15H,2-3,5H2,1H3/t7-/m1/s1. The van der Waals surface area contributed by atoms with Crippen LogP contribution >= 0.6 is 0 Å². The van der Waals surface area contributed by atoms with E-state index in [0.29, 0.717) is 6.54 Å². The Morgan fingerprint density at radius 2 is 2.20 bits per heavy atom. The van der Waals surface area contributed by atoms with Gasteiger partial charge in [-0.1, -0.05) is 13.3 Å². The third-order valence-corrected chi connectivity index (χ3v) is 2.05. The van der Waals surface area contributed by atoms with Crippen molar-refractivity contribution in [3.05, 3.63) is 18.2 Å². The molecular formula is C9H13F3N2O. The highest BCUT2D eigenvalue weighted by molar-refractivity contribution is 4.99. The van der Waals surface area contributed by atoms with Crippen LogP contribution in [0.5, 0.6) is 0 Å². The molecule has 0 unspecified atom stereocenters. The van der Waals surface area contributed by atoms with E-state index in [0.717, 1.165) is 12.8 Å². The highest BCUT2D eigenvalue weighted by Gasteiger charge is 2.41. The number of aliphatic hydroxyl groups is 1. The van der Waals surface area contributed by atoms with Crippen LogP contribution in [0.15, 0.2) is 12.4 Å². The van der Waals surface area contributed by atoms with E-state index in [1.807, 2.05) is 6.92 Å². The molecule has 0 saturated heterocycles. The zero-order valence-corrected chi connectivity index (χ0v) is 8.33. The van der Waals surface area contributed by atoms with Gasteiger partial charge in [0.25, 0.3) is 0 Å². The van der Waals surface area contributed by atoms with Gasteiger partial charge in [-0.2, -0.15) is 13.2 Å². The number of imidazole rings is 1. The number of aliphatic hydroxyl groups excluding tert-OH is 1. The Morgan fingerprint density at radius 1 is 1.53 bits per heavy atom. The van der Waals surface area contributed by atoms with Crippen LogP contribution in [0, 0.1) is 0 Å². The van der Waals surface area contributed by atoms with Crippen molar-refractivity contribution >= 4 is 0 Å². The van der Waals surface area contributed by atoms with E-state index in [1.54, 1.807) is 0 Å². The maximum absolute atomic E-state index is 12.2. The summed E-state index contributed by atoms with van der Waals surface area (Å²) in [5, 5.41) is 9.02. The quantitative estimate of drug-likeness (QED) is 0.848. The third-order valence-electron chi connectivity index (χ3n) is 2.05. The molecule has 0 radical (unpaired) electrons. The molecule has 0 fully saturated rings. The summed E-state index contributed by atoms with van der Waals surface area (Å²) >= 11 is 0. The van der Waals surface area contributed by atoms with Gasteiger partial charge < -0.3 is 9.67 Å². The molecule has 15 heavy (non-hydrogen) atoms. The number of nitrogens with zero attached hydrogens (tertiary/aromatic N) is 2. The Bertz CT molecular complexity index is 309. The summed E-state index contributed by atoms with van der Waals surface area (Å²) in [5.41, 5.74) is 0. The number of aromatic nitrogens is 2. The van der Waals surface area contributed by atoms with Crippen LogP contribution in [0.2, 0.25) is 0 Å². The molecule has 0 amide bonds. The predicted molar refractivity (Wildman–Crippen MR) is 48.1 cm³/mol. The number of aryl methyl sites for hydroxylation is 1. The number of alkyl halides is 3. The zero-order chi connectivity index (χ0) is 11.5. The van der Waals surface area contributed by atoms with Crippen molar-refractivity contribution in [1.82, 2.24) is 9.55 Å². The number of hydrogen-bond acceptors (Lipinski definition) is 2. The van der Waals surface area contributed by atoms with Crippen molar-refractivity contribution in [2.75, 3.05) is 0 Å². The van der Waals surface area contributed by atoms with Crippen LogP contribution in [-0.4, -0.2) is 20.8 Å². The van der Waals surface area contributed by atoms with Crippen LogP contribution in [0.3, 0.4) is 0 Å². The lowest BCUT2D eigenvalue weighted by atomic mass is 10.3. The smallest absolute Gasteiger partial charge is 0.377 e. The first kappa shape index (κ1) is 12.0. The van der Waals surface area contributed by atoms with E-state index < -0.39 is 12.3 Å². The second-order valence-corrected chi connectivity index (χ2v) is 3.28. The summed E-state index contributed by atoms with van der Waals surface area (Å²) < 4.78 is 38.0. The van der Waals surface area contributed by atoms with Crippen molar-refractivity contribution < 1.29 is 18.3 Å². The Labute approximate surface area is 85.6 Å². The Balaban J connectivity index is 2.80. The number of unbranched alkanes of at least 4 members (excludes halogenated alkanes) is 1. The van der Waals surface area contributed by atoms with Crippen LogP contribution < -0.4 is 0 Å². The highest BCUT2D eigenvalue weighted by Crippen LogP contribution is 2.31. The van der Waals surface area contributed by atoms with E-state index in [2.05, 4.69) is 4.98 Å². The van der Waals surface area contributed by atoms with Gasteiger partial charge in [-0.05, 0) is 6.42 Å². The Hall–Kier alpha value is -1.04. The average molecular weight is 222 g/mol. The molecule has 86 valence electrons. The maximum atomic E-state index is 12.2. The van der Waals surface area contributed by atoms with Crippen molar-refractivity contribution in [2.45, 2.75) is 38.6 Å². The van der Waals surface area contributed by atoms with E-state index >= 15 is 0 Å². The fourth-order valence-electron chi connectivity index (χ4n) is 1.23. The van der Waals surface area contributed by atoms with Gasteiger partial charge >= 0.3 is 6.18 Å². The van der Waals surface area contributed by atoms with Gasteiger partial charge in [0.15, 0.2) is 0 Å². The third kappa shape index (κ3) is 2.95. The SMILES string of the molecule is CCCCn1ccnc1[C@@H](O)C(F)(F)F. The second kappa shape index (κ2) is 4.65. The summed E-state index contributed by atoms with van der Waals surface area (Å²) in [6.45, 7) is 2.38. The van der Waals surface area contributed by atoms with Gasteiger partial charge in [0, 0.05) is 18.9 Å². The summed E-state index contributed by atoms with van der Waals surface area (Å²) in [5.74, 6) is -0.337. The van der Waals surface area contributed by atoms with Gasteiger partial charge in [-0.25, -0.2) is 4.98 Å². The summed E-state index contributed by atoms with van der Waals surface area (Å²) in [6.07, 6.45) is -2.81. The molecule has 1 aromatic rings. The van der Waals surface area contributed by atoms with Crippen LogP contribution in [0.4, 0.5) is 13.2 Å². The van der Waals surface area contributed by atoms with Crippen LogP contribution in [0.1, 0.15) is 31.7 Å². The zero-order valence-electron chi connectivity index (χ0n) is 8.33. The molecule has 0 aliphatic heterocycles. The van der Waals surface area contributed by atoms with Gasteiger partial charge in [0.2, 0.25) is 6.10 Å². The van der Waals surface area contributed by atoms with E-state index in [-0.39, 0.29) is 5.82 Å². The fraction of sp³-hybridized carbons (Fsp3) is 0.667. The van der Waals surface area contributed by atoms with Gasteiger partial charge in [-0.15, -0.1) is 0 Å². The minimum atomic E-state index is -4.66. The average Bonchev–Trinajstić information content (AvgIpc) is 2.59. The van der Waals surface area contributed by atoms with E-state index in [9.17, 15) is 13.2 Å². The molecule has 0 aliphatic carbocycles. The molecular weight excluding hydrogens is 209 g/mol. The monoisotopic (exact) mass is 222 g/mol. The lowest BCUT2D eigenvalue weighted by Gasteiger charge is -2.15. The summed E-state index contributed by atoms with van der Waals surface area (Å²) in [6, 6.07) is 0. The van der Waals surface area contributed by atoms with E-state index in [4.69, 9.17) is 5.11 Å².